The summed E-state index contributed by atoms with van der Waals surface area (Å²) in [6.45, 7) is 6.17. The van der Waals surface area contributed by atoms with Gasteiger partial charge in [0.2, 0.25) is 5.91 Å². The smallest absolute Gasteiger partial charge is 0.333 e. The van der Waals surface area contributed by atoms with Crippen molar-refractivity contribution in [1.29, 1.82) is 0 Å². The zero-order valence-electron chi connectivity index (χ0n) is 14.0. The summed E-state index contributed by atoms with van der Waals surface area (Å²) >= 11 is 0. The van der Waals surface area contributed by atoms with Crippen molar-refractivity contribution in [2.75, 3.05) is 13.1 Å². The van der Waals surface area contributed by atoms with Crippen LogP contribution < -0.4 is 0 Å². The highest BCUT2D eigenvalue weighted by molar-refractivity contribution is 5.92. The average Bonchev–Trinajstić information content (AvgIpc) is 2.60. The molecule has 1 heterocycles. The Kier molecular flexibility index (Phi) is 6.05. The molecule has 0 atom stereocenters. The largest absolute Gasteiger partial charge is 0.459 e. The van der Waals surface area contributed by atoms with Gasteiger partial charge in [-0.2, -0.15) is 0 Å². The molecule has 1 aromatic rings. The molecule has 2 rings (SSSR count). The van der Waals surface area contributed by atoms with E-state index in [2.05, 4.69) is 6.58 Å². The number of ether oxygens (including phenoxy) is 1. The zero-order chi connectivity index (χ0) is 18.4. The number of nitro groups is 1. The molecule has 25 heavy (non-hydrogen) atoms. The fourth-order valence-corrected chi connectivity index (χ4v) is 2.43. The van der Waals surface area contributed by atoms with E-state index in [1.54, 1.807) is 30.0 Å². The fraction of sp³-hybridized carbons (Fsp3) is 0.333. The van der Waals surface area contributed by atoms with Crippen molar-refractivity contribution in [1.82, 2.24) is 4.90 Å². The number of hydrogen-bond acceptors (Lipinski definition) is 5. The van der Waals surface area contributed by atoms with Gasteiger partial charge in [0, 0.05) is 49.7 Å². The number of carbonyl (C=O) groups excluding carboxylic acids is 2. The number of piperidine rings is 1. The number of hydrogen-bond donors (Lipinski definition) is 0. The number of esters is 1. The molecule has 0 aliphatic carbocycles. The molecule has 1 amide bonds. The second-order valence-corrected chi connectivity index (χ2v) is 5.89. The van der Waals surface area contributed by atoms with E-state index >= 15 is 0 Å². The quantitative estimate of drug-likeness (QED) is 0.354. The van der Waals surface area contributed by atoms with Crippen LogP contribution in [0, 0.1) is 10.1 Å². The van der Waals surface area contributed by atoms with Gasteiger partial charge in [-0.05, 0) is 30.7 Å². The third kappa shape index (κ3) is 5.27. The molecule has 0 aromatic heterocycles. The van der Waals surface area contributed by atoms with Crippen LogP contribution in [0.25, 0.3) is 6.08 Å². The summed E-state index contributed by atoms with van der Waals surface area (Å²) in [5.74, 6) is -0.536. The lowest BCUT2D eigenvalue weighted by atomic mass is 10.1. The Hall–Kier alpha value is -2.96. The minimum Gasteiger partial charge on any atom is -0.459 e. The fourth-order valence-electron chi connectivity index (χ4n) is 2.43. The Balaban J connectivity index is 1.85. The number of likely N-dealkylation sites (tertiary alicyclic amines) is 1. The monoisotopic (exact) mass is 344 g/mol. The highest BCUT2D eigenvalue weighted by atomic mass is 16.6. The second kappa shape index (κ2) is 8.23. The third-order valence-electron chi connectivity index (χ3n) is 3.90. The molecule has 1 aliphatic heterocycles. The van der Waals surface area contributed by atoms with Gasteiger partial charge >= 0.3 is 5.97 Å². The van der Waals surface area contributed by atoms with Crippen molar-refractivity contribution in [2.45, 2.75) is 25.9 Å². The Bertz CT molecular complexity index is 701. The Morgan fingerprint density at radius 2 is 1.88 bits per heavy atom. The van der Waals surface area contributed by atoms with Gasteiger partial charge in [-0.1, -0.05) is 6.58 Å². The predicted molar refractivity (Wildman–Crippen MR) is 92.6 cm³/mol. The number of nitro benzene ring substituents is 1. The zero-order valence-corrected chi connectivity index (χ0v) is 14.0. The SMILES string of the molecule is C=C(C)C(=O)OC1CCN(C(=O)/C=C/c2ccc([N+](=O)[O-])cc2)CC1. The van der Waals surface area contributed by atoms with Gasteiger partial charge in [0.15, 0.2) is 0 Å². The van der Waals surface area contributed by atoms with Crippen molar-refractivity contribution in [2.24, 2.45) is 0 Å². The minimum atomic E-state index is -0.469. The van der Waals surface area contributed by atoms with E-state index < -0.39 is 10.9 Å². The van der Waals surface area contributed by atoms with Gasteiger partial charge in [-0.25, -0.2) is 4.79 Å². The van der Waals surface area contributed by atoms with Crippen molar-refractivity contribution in [3.8, 4) is 0 Å². The van der Waals surface area contributed by atoms with Crippen LogP contribution in [-0.4, -0.2) is 40.9 Å². The van der Waals surface area contributed by atoms with Crippen LogP contribution in [0.2, 0.25) is 0 Å². The van der Waals surface area contributed by atoms with Crippen LogP contribution in [0.15, 0.2) is 42.5 Å². The topological polar surface area (TPSA) is 89.8 Å². The summed E-state index contributed by atoms with van der Waals surface area (Å²) in [5, 5.41) is 10.6. The first-order valence-corrected chi connectivity index (χ1v) is 7.94. The van der Waals surface area contributed by atoms with Crippen molar-refractivity contribution in [3.63, 3.8) is 0 Å². The number of non-ortho nitro benzene ring substituents is 1. The molecule has 0 N–H and O–H groups in total. The van der Waals surface area contributed by atoms with E-state index in [-0.39, 0.29) is 17.7 Å². The summed E-state index contributed by atoms with van der Waals surface area (Å²) in [4.78, 5) is 35.5. The molecule has 132 valence electrons. The van der Waals surface area contributed by atoms with E-state index in [1.165, 1.54) is 18.2 Å². The molecule has 0 saturated carbocycles. The lowest BCUT2D eigenvalue weighted by molar-refractivity contribution is -0.384. The molecule has 7 nitrogen and oxygen atoms in total. The van der Waals surface area contributed by atoms with E-state index in [1.807, 2.05) is 0 Å². The van der Waals surface area contributed by atoms with Crippen LogP contribution in [-0.2, 0) is 14.3 Å². The third-order valence-corrected chi connectivity index (χ3v) is 3.90. The number of nitrogens with zero attached hydrogens (tertiary/aromatic N) is 2. The van der Waals surface area contributed by atoms with Crippen molar-refractivity contribution < 1.29 is 19.2 Å². The highest BCUT2D eigenvalue weighted by Gasteiger charge is 2.24. The predicted octanol–water partition coefficient (Wildman–Crippen LogP) is 2.72. The first-order chi connectivity index (χ1) is 11.9. The summed E-state index contributed by atoms with van der Waals surface area (Å²) in [6, 6.07) is 5.97. The first kappa shape index (κ1) is 18.4. The summed E-state index contributed by atoms with van der Waals surface area (Å²) < 4.78 is 5.29. The normalized spacial score (nSPS) is 15.2. The molecular formula is C18H20N2O5. The Morgan fingerprint density at radius 1 is 1.28 bits per heavy atom. The van der Waals surface area contributed by atoms with Crippen molar-refractivity contribution in [3.05, 3.63) is 58.2 Å². The molecule has 0 spiro atoms. The first-order valence-electron chi connectivity index (χ1n) is 7.94. The van der Waals surface area contributed by atoms with Crippen LogP contribution in [0.3, 0.4) is 0 Å². The molecular weight excluding hydrogens is 324 g/mol. The second-order valence-electron chi connectivity index (χ2n) is 5.89. The Labute approximate surface area is 145 Å². The molecule has 1 aromatic carbocycles. The molecule has 1 fully saturated rings. The van der Waals surface area contributed by atoms with Crippen LogP contribution in [0.4, 0.5) is 5.69 Å². The molecule has 0 radical (unpaired) electrons. The number of amides is 1. The average molecular weight is 344 g/mol. The summed E-state index contributed by atoms with van der Waals surface area (Å²) in [5.41, 5.74) is 1.09. The number of benzene rings is 1. The lowest BCUT2D eigenvalue weighted by Crippen LogP contribution is -2.40. The molecule has 1 aliphatic rings. The van der Waals surface area contributed by atoms with Crippen LogP contribution in [0.5, 0.6) is 0 Å². The van der Waals surface area contributed by atoms with Crippen LogP contribution in [0.1, 0.15) is 25.3 Å². The van der Waals surface area contributed by atoms with E-state index in [0.717, 1.165) is 0 Å². The Morgan fingerprint density at radius 3 is 2.40 bits per heavy atom. The number of carbonyl (C=O) groups is 2. The maximum absolute atomic E-state index is 12.2. The summed E-state index contributed by atoms with van der Waals surface area (Å²) in [7, 11) is 0. The van der Waals surface area contributed by atoms with E-state index in [4.69, 9.17) is 4.74 Å². The maximum atomic E-state index is 12.2. The summed E-state index contributed by atoms with van der Waals surface area (Å²) in [6.07, 6.45) is 4.07. The molecule has 0 bridgehead atoms. The van der Waals surface area contributed by atoms with Gasteiger partial charge < -0.3 is 9.64 Å². The van der Waals surface area contributed by atoms with Crippen LogP contribution >= 0.6 is 0 Å². The molecule has 0 unspecified atom stereocenters. The lowest BCUT2D eigenvalue weighted by Gasteiger charge is -2.31. The molecule has 1 saturated heterocycles. The van der Waals surface area contributed by atoms with Gasteiger partial charge in [-0.15, -0.1) is 0 Å². The maximum Gasteiger partial charge on any atom is 0.333 e. The molecule has 7 heteroatoms. The van der Waals surface area contributed by atoms with Crippen molar-refractivity contribution >= 4 is 23.6 Å². The number of rotatable bonds is 5. The van der Waals surface area contributed by atoms with E-state index in [9.17, 15) is 19.7 Å². The minimum absolute atomic E-state index is 0.00913. The van der Waals surface area contributed by atoms with Gasteiger partial charge in [0.1, 0.15) is 6.10 Å². The standard InChI is InChI=1S/C18H20N2O5/c1-13(2)18(22)25-16-9-11-19(12-10-16)17(21)8-5-14-3-6-15(7-4-14)20(23)24/h3-8,16H,1,9-12H2,2H3/b8-5+. The van der Waals surface area contributed by atoms with Gasteiger partial charge in [-0.3, -0.25) is 14.9 Å². The van der Waals surface area contributed by atoms with Gasteiger partial charge in [0.05, 0.1) is 4.92 Å². The van der Waals surface area contributed by atoms with Gasteiger partial charge in [0.25, 0.3) is 5.69 Å². The van der Waals surface area contributed by atoms with E-state index in [0.29, 0.717) is 37.1 Å². The highest BCUT2D eigenvalue weighted by Crippen LogP contribution is 2.16.